The normalized spacial score (nSPS) is 17.1. The van der Waals surface area contributed by atoms with Crippen LogP contribution in [-0.4, -0.2) is 22.0 Å². The monoisotopic (exact) mass is 389 g/mol. The van der Waals surface area contributed by atoms with E-state index in [1.807, 2.05) is 24.3 Å². The van der Waals surface area contributed by atoms with Crippen molar-refractivity contribution in [1.82, 2.24) is 9.97 Å². The van der Waals surface area contributed by atoms with Crippen molar-refractivity contribution in [3.05, 3.63) is 47.7 Å². The van der Waals surface area contributed by atoms with E-state index in [2.05, 4.69) is 9.97 Å². The van der Waals surface area contributed by atoms with Gasteiger partial charge in [0.1, 0.15) is 16.7 Å². The first-order chi connectivity index (χ1) is 12.9. The lowest BCUT2D eigenvalue weighted by molar-refractivity contribution is -0.0582. The predicted octanol–water partition coefficient (Wildman–Crippen LogP) is 5.49. The van der Waals surface area contributed by atoms with Crippen LogP contribution < -0.4 is 10.5 Å². The second kappa shape index (κ2) is 6.93. The fraction of sp³-hybridized carbons (Fsp3) is 0.300. The Morgan fingerprint density at radius 2 is 1.89 bits per heavy atom. The molecule has 0 radical (unpaired) electrons. The summed E-state index contributed by atoms with van der Waals surface area (Å²) in [7, 11) is 0. The third-order valence-corrected chi connectivity index (χ3v) is 5.05. The first kappa shape index (κ1) is 17.9. The number of ether oxygens (including phenoxy) is 1. The zero-order chi connectivity index (χ0) is 19.0. The van der Waals surface area contributed by atoms with Crippen LogP contribution in [0.3, 0.4) is 0 Å². The second-order valence-corrected chi connectivity index (χ2v) is 7.21. The summed E-state index contributed by atoms with van der Waals surface area (Å²) in [5.41, 5.74) is 7.59. The van der Waals surface area contributed by atoms with Gasteiger partial charge in [-0.15, -0.1) is 0 Å². The minimum atomic E-state index is -2.56. The molecule has 1 aliphatic carbocycles. The molecule has 1 aromatic carbocycles. The molecular weight excluding hydrogens is 372 g/mol. The molecule has 7 heteroatoms. The number of benzene rings is 1. The van der Waals surface area contributed by atoms with Crippen LogP contribution in [0.1, 0.15) is 25.7 Å². The lowest BCUT2D eigenvalue weighted by atomic mass is 9.94. The fourth-order valence-electron chi connectivity index (χ4n) is 3.34. The molecule has 0 atom stereocenters. The van der Waals surface area contributed by atoms with Crippen molar-refractivity contribution in [1.29, 1.82) is 0 Å². The van der Waals surface area contributed by atoms with Gasteiger partial charge in [0.05, 0.1) is 11.8 Å². The number of fused-ring (bicyclic) bond motifs is 1. The Hall–Kier alpha value is -2.47. The molecule has 2 N–H and O–H groups in total. The first-order valence-electron chi connectivity index (χ1n) is 8.76. The van der Waals surface area contributed by atoms with E-state index in [1.54, 1.807) is 18.3 Å². The molecule has 4 nitrogen and oxygen atoms in total. The molecule has 0 spiro atoms. The Morgan fingerprint density at radius 1 is 1.11 bits per heavy atom. The molecule has 0 bridgehead atoms. The van der Waals surface area contributed by atoms with Gasteiger partial charge in [0.25, 0.3) is 0 Å². The van der Waals surface area contributed by atoms with Crippen LogP contribution in [0, 0.1) is 0 Å². The molecule has 140 valence electrons. The minimum Gasteiger partial charge on any atom is -0.490 e. The summed E-state index contributed by atoms with van der Waals surface area (Å²) >= 11 is 5.84. The molecule has 2 aromatic heterocycles. The number of nitrogens with zero attached hydrogens (tertiary/aromatic N) is 2. The highest BCUT2D eigenvalue weighted by Gasteiger charge is 2.35. The van der Waals surface area contributed by atoms with Crippen LogP contribution in [-0.2, 0) is 0 Å². The number of hydrogen-bond donors (Lipinski definition) is 1. The maximum Gasteiger partial charge on any atom is 0.248 e. The fourth-order valence-corrected chi connectivity index (χ4v) is 3.45. The molecule has 0 aliphatic heterocycles. The number of rotatable bonds is 3. The van der Waals surface area contributed by atoms with E-state index in [-0.39, 0.29) is 18.9 Å². The average Bonchev–Trinajstić information content (AvgIpc) is 2.64. The molecule has 3 aromatic rings. The number of nitrogens with two attached hydrogens (primary N) is 1. The molecule has 27 heavy (non-hydrogen) atoms. The Bertz CT molecular complexity index is 969. The van der Waals surface area contributed by atoms with E-state index in [4.69, 9.17) is 22.1 Å². The van der Waals surface area contributed by atoms with E-state index in [1.165, 1.54) is 0 Å². The van der Waals surface area contributed by atoms with Gasteiger partial charge in [-0.1, -0.05) is 11.6 Å². The van der Waals surface area contributed by atoms with Crippen LogP contribution in [0.4, 0.5) is 14.6 Å². The third kappa shape index (κ3) is 3.95. The molecule has 4 rings (SSSR count). The molecule has 0 saturated heterocycles. The van der Waals surface area contributed by atoms with Gasteiger partial charge in [-0.2, -0.15) is 0 Å². The van der Waals surface area contributed by atoms with Crippen molar-refractivity contribution in [3.63, 3.8) is 0 Å². The Balaban J connectivity index is 1.62. The zero-order valence-corrected chi connectivity index (χ0v) is 15.2. The minimum absolute atomic E-state index is 0.129. The SMILES string of the molecule is Nc1nc(-c2ccc(Cl)nc2)cc2cc(OC3CCC(F)(F)CC3)ccc12. The highest BCUT2D eigenvalue weighted by Crippen LogP contribution is 2.36. The van der Waals surface area contributed by atoms with Crippen molar-refractivity contribution >= 4 is 28.2 Å². The van der Waals surface area contributed by atoms with E-state index < -0.39 is 5.92 Å². The number of halogens is 3. The molecule has 0 unspecified atom stereocenters. The van der Waals surface area contributed by atoms with Gasteiger partial charge in [-0.05, 0) is 54.6 Å². The van der Waals surface area contributed by atoms with Gasteiger partial charge in [0.15, 0.2) is 0 Å². The van der Waals surface area contributed by atoms with Crippen LogP contribution in [0.5, 0.6) is 5.75 Å². The summed E-state index contributed by atoms with van der Waals surface area (Å²) in [4.78, 5) is 8.50. The van der Waals surface area contributed by atoms with E-state index >= 15 is 0 Å². The lowest BCUT2D eigenvalue weighted by Gasteiger charge is -2.28. The highest BCUT2D eigenvalue weighted by molar-refractivity contribution is 6.29. The third-order valence-electron chi connectivity index (χ3n) is 4.82. The van der Waals surface area contributed by atoms with E-state index in [9.17, 15) is 8.78 Å². The smallest absolute Gasteiger partial charge is 0.248 e. The van der Waals surface area contributed by atoms with Gasteiger partial charge in [0, 0.05) is 30.0 Å². The largest absolute Gasteiger partial charge is 0.490 e. The maximum atomic E-state index is 13.3. The van der Waals surface area contributed by atoms with E-state index in [0.29, 0.717) is 35.3 Å². The summed E-state index contributed by atoms with van der Waals surface area (Å²) in [6.45, 7) is 0. The summed E-state index contributed by atoms with van der Waals surface area (Å²) < 4.78 is 32.6. The van der Waals surface area contributed by atoms with Crippen molar-refractivity contribution in [2.75, 3.05) is 5.73 Å². The topological polar surface area (TPSA) is 61.0 Å². The molecule has 1 aliphatic rings. The number of nitrogen functional groups attached to an aromatic ring is 1. The van der Waals surface area contributed by atoms with Gasteiger partial charge >= 0.3 is 0 Å². The summed E-state index contributed by atoms with van der Waals surface area (Å²) in [6.07, 6.45) is 1.89. The van der Waals surface area contributed by atoms with Crippen LogP contribution in [0.25, 0.3) is 22.0 Å². The van der Waals surface area contributed by atoms with Crippen molar-refractivity contribution in [2.24, 2.45) is 0 Å². The number of aromatic nitrogens is 2. The Labute approximate surface area is 160 Å². The summed E-state index contributed by atoms with van der Waals surface area (Å²) in [6, 6.07) is 10.9. The van der Waals surface area contributed by atoms with Crippen LogP contribution in [0.2, 0.25) is 5.15 Å². The average molecular weight is 390 g/mol. The number of hydrogen-bond acceptors (Lipinski definition) is 4. The standard InChI is InChI=1S/C20H18ClF2N3O/c21-18-4-1-12(11-25-18)17-10-13-9-15(2-3-16(13)19(24)26-17)27-14-5-7-20(22,23)8-6-14/h1-4,9-11,14H,5-8H2,(H2,24,26). The number of anilines is 1. The zero-order valence-electron chi connectivity index (χ0n) is 14.5. The van der Waals surface area contributed by atoms with Crippen LogP contribution >= 0.6 is 11.6 Å². The Kier molecular flexibility index (Phi) is 4.60. The first-order valence-corrected chi connectivity index (χ1v) is 9.14. The molecular formula is C20H18ClF2N3O. The van der Waals surface area contributed by atoms with Crippen molar-refractivity contribution < 1.29 is 13.5 Å². The lowest BCUT2D eigenvalue weighted by Crippen LogP contribution is -2.30. The second-order valence-electron chi connectivity index (χ2n) is 6.82. The number of alkyl halides is 2. The summed E-state index contributed by atoms with van der Waals surface area (Å²) in [5.74, 6) is -1.52. The van der Waals surface area contributed by atoms with Gasteiger partial charge in [-0.3, -0.25) is 0 Å². The maximum absolute atomic E-state index is 13.3. The molecule has 1 fully saturated rings. The molecule has 2 heterocycles. The number of pyridine rings is 2. The quantitative estimate of drug-likeness (QED) is 0.602. The Morgan fingerprint density at radius 3 is 2.59 bits per heavy atom. The molecule has 0 amide bonds. The summed E-state index contributed by atoms with van der Waals surface area (Å²) in [5, 5.41) is 2.08. The van der Waals surface area contributed by atoms with Gasteiger partial charge < -0.3 is 10.5 Å². The van der Waals surface area contributed by atoms with Crippen molar-refractivity contribution in [2.45, 2.75) is 37.7 Å². The predicted molar refractivity (Wildman–Crippen MR) is 102 cm³/mol. The van der Waals surface area contributed by atoms with Gasteiger partial charge in [-0.25, -0.2) is 18.7 Å². The van der Waals surface area contributed by atoms with E-state index in [0.717, 1.165) is 16.3 Å². The highest BCUT2D eigenvalue weighted by atomic mass is 35.5. The van der Waals surface area contributed by atoms with Crippen LogP contribution in [0.15, 0.2) is 42.6 Å². The van der Waals surface area contributed by atoms with Gasteiger partial charge in [0.2, 0.25) is 5.92 Å². The van der Waals surface area contributed by atoms with Crippen molar-refractivity contribution in [3.8, 4) is 17.0 Å². The molecule has 1 saturated carbocycles.